The molecule has 4 aromatic carbocycles. The van der Waals surface area contributed by atoms with E-state index in [1.54, 1.807) is 12.1 Å². The predicted octanol–water partition coefficient (Wildman–Crippen LogP) is 4.28. The van der Waals surface area contributed by atoms with Crippen molar-refractivity contribution in [2.24, 2.45) is 0 Å². The first-order valence-electron chi connectivity index (χ1n) is 17.5. The third-order valence-corrected chi connectivity index (χ3v) is 11.6. The minimum Gasteiger partial charge on any atom is -0.506 e. The molecule has 0 amide bonds. The largest absolute Gasteiger partial charge is 0.506 e. The lowest BCUT2D eigenvalue weighted by Crippen LogP contribution is -2.45. The Morgan fingerprint density at radius 3 is 1.32 bits per heavy atom. The van der Waals surface area contributed by atoms with Crippen molar-refractivity contribution in [1.29, 1.82) is 0 Å². The Labute approximate surface area is 312 Å². The first-order chi connectivity index (χ1) is 24.9. The number of phenolic OH excluding ortho intramolecular Hbond substituents is 2. The van der Waals surface area contributed by atoms with Gasteiger partial charge < -0.3 is 31.1 Å². The van der Waals surface area contributed by atoms with E-state index in [1.165, 1.54) is 53.4 Å². The van der Waals surface area contributed by atoms with Crippen molar-refractivity contribution in [3.63, 3.8) is 0 Å². The molecule has 0 aliphatic heterocycles. The molecule has 12 nitrogen and oxygen atoms in total. The van der Waals surface area contributed by atoms with Crippen LogP contribution in [0.2, 0.25) is 0 Å². The Morgan fingerprint density at radius 2 is 0.981 bits per heavy atom. The van der Waals surface area contributed by atoms with E-state index in [4.69, 9.17) is 0 Å². The lowest BCUT2D eigenvalue weighted by Gasteiger charge is -2.27. The maximum Gasteiger partial charge on any atom is 0.232 e. The molecule has 14 heteroatoms. The van der Waals surface area contributed by atoms with Crippen LogP contribution >= 0.6 is 0 Å². The molecule has 6 rings (SSSR count). The molecule has 2 aliphatic rings. The van der Waals surface area contributed by atoms with Crippen LogP contribution in [0.15, 0.2) is 84.9 Å². The molecule has 0 saturated heterocycles. The number of aliphatic hydroxyl groups excluding tert-OH is 2. The number of benzene rings is 4. The van der Waals surface area contributed by atoms with Crippen LogP contribution in [-0.4, -0.2) is 73.4 Å². The number of fused-ring (bicyclic) bond motifs is 2. The van der Waals surface area contributed by atoms with Gasteiger partial charge in [0.2, 0.25) is 20.0 Å². The number of rotatable bonds is 13. The zero-order valence-corrected chi connectivity index (χ0v) is 32.1. The highest BCUT2D eigenvalue weighted by Gasteiger charge is 2.34. The van der Waals surface area contributed by atoms with E-state index in [2.05, 4.69) is 58.2 Å². The van der Waals surface area contributed by atoms with Gasteiger partial charge in [-0.1, -0.05) is 60.7 Å². The van der Waals surface area contributed by atoms with E-state index >= 15 is 0 Å². The molecule has 0 heterocycles. The van der Waals surface area contributed by atoms with Crippen molar-refractivity contribution in [3.8, 4) is 11.5 Å². The summed E-state index contributed by atoms with van der Waals surface area (Å²) in [5, 5.41) is 47.6. The normalized spacial score (nSPS) is 16.8. The quantitative estimate of drug-likeness (QED) is 0.0910. The molecule has 53 heavy (non-hydrogen) atoms. The summed E-state index contributed by atoms with van der Waals surface area (Å²) in [5.41, 5.74) is 6.22. The van der Waals surface area contributed by atoms with Gasteiger partial charge in [-0.05, 0) is 104 Å². The average molecular weight is 767 g/mol. The molecule has 0 radical (unpaired) electrons. The van der Waals surface area contributed by atoms with Gasteiger partial charge in [0.1, 0.15) is 11.5 Å². The van der Waals surface area contributed by atoms with Crippen LogP contribution in [0.1, 0.15) is 66.4 Å². The highest BCUT2D eigenvalue weighted by molar-refractivity contribution is 7.92. The van der Waals surface area contributed by atoms with Gasteiger partial charge in [0, 0.05) is 24.2 Å². The van der Waals surface area contributed by atoms with Crippen LogP contribution in [0.3, 0.4) is 0 Å². The van der Waals surface area contributed by atoms with Gasteiger partial charge >= 0.3 is 0 Å². The zero-order chi connectivity index (χ0) is 38.6. The first kappa shape index (κ1) is 40.0. The number of hydrogen-bond acceptors (Lipinski definition) is 10. The van der Waals surface area contributed by atoms with Crippen LogP contribution in [0.4, 0.5) is 11.4 Å². The fourth-order valence-corrected chi connectivity index (χ4v) is 8.11. The number of sulfonamides is 2. The first-order valence-corrected chi connectivity index (χ1v) is 21.0. The summed E-state index contributed by atoms with van der Waals surface area (Å²) < 4.78 is 50.9. The average Bonchev–Trinajstić information content (AvgIpc) is 3.63. The molecule has 4 aromatic rings. The fraction of sp³-hybridized carbons (Fsp3) is 0.385. The lowest BCUT2D eigenvalue weighted by molar-refractivity contribution is 0.159. The molecule has 0 bridgehead atoms. The molecule has 8 N–H and O–H groups in total. The number of phenols is 2. The van der Waals surface area contributed by atoms with E-state index < -0.39 is 32.3 Å². The minimum atomic E-state index is -3.52. The summed E-state index contributed by atoms with van der Waals surface area (Å²) in [4.78, 5) is 0. The standard InChI is InChI=1S/C20H26N2O4S.C19H24N2O4S/c1-3-27(25,26)22-17-10-14(8-9-18(17)23)19(24)13-21-20(2)11-15-6-4-5-7-16(15)12-20;1-19(10-14-5-3-4-6-15(14)11-19)20-12-18(23)13-7-8-17(22)16(9-13)21-26(2,24)25/h4-10,19,21-24H,3,11-13H2,1-2H3;3-9,18,20-23H,10-12H2,1-2H3/t19-;18-/m00/s1. The van der Waals surface area contributed by atoms with E-state index in [0.717, 1.165) is 31.9 Å². The molecule has 0 spiro atoms. The summed E-state index contributed by atoms with van der Waals surface area (Å²) in [7, 11) is -7.03. The third kappa shape index (κ3) is 10.7. The Bertz CT molecular complexity index is 2090. The topological polar surface area (TPSA) is 197 Å². The second kappa shape index (κ2) is 16.0. The zero-order valence-electron chi connectivity index (χ0n) is 30.4. The number of nitrogens with one attached hydrogen (secondary N) is 4. The van der Waals surface area contributed by atoms with Gasteiger partial charge in [0.15, 0.2) is 0 Å². The Hall–Kier alpha value is -4.18. The molecular weight excluding hydrogens is 717 g/mol. The third-order valence-electron chi connectivity index (χ3n) is 9.76. The van der Waals surface area contributed by atoms with Crippen molar-refractivity contribution < 1.29 is 37.3 Å². The Balaban J connectivity index is 0.000000204. The molecule has 0 aromatic heterocycles. The van der Waals surface area contributed by atoms with Crippen LogP contribution in [-0.2, 0) is 45.7 Å². The van der Waals surface area contributed by atoms with Crippen molar-refractivity contribution in [2.45, 2.75) is 69.7 Å². The fourth-order valence-electron chi connectivity index (χ4n) is 6.91. The van der Waals surface area contributed by atoms with Crippen LogP contribution in [0, 0.1) is 0 Å². The molecule has 2 atom stereocenters. The monoisotopic (exact) mass is 766 g/mol. The van der Waals surface area contributed by atoms with Gasteiger partial charge in [-0.25, -0.2) is 16.8 Å². The summed E-state index contributed by atoms with van der Waals surface area (Å²) in [6.45, 7) is 6.44. The highest BCUT2D eigenvalue weighted by Crippen LogP contribution is 2.33. The summed E-state index contributed by atoms with van der Waals surface area (Å²) in [6, 6.07) is 25.5. The second-order valence-corrected chi connectivity index (χ2v) is 18.4. The Morgan fingerprint density at radius 1 is 0.623 bits per heavy atom. The molecule has 0 fully saturated rings. The van der Waals surface area contributed by atoms with Crippen molar-refractivity contribution >= 4 is 31.4 Å². The predicted molar refractivity (Wildman–Crippen MR) is 208 cm³/mol. The van der Waals surface area contributed by atoms with Gasteiger partial charge in [-0.3, -0.25) is 9.44 Å². The van der Waals surface area contributed by atoms with Gasteiger partial charge in [0.05, 0.1) is 35.6 Å². The number of aliphatic hydroxyl groups is 2. The highest BCUT2D eigenvalue weighted by atomic mass is 32.2. The molecule has 2 aliphatic carbocycles. The number of β-amino-alcohol motifs (C(OH)–C–C–N with tert-alkyl or cyclic N) is 2. The number of hydrogen-bond donors (Lipinski definition) is 8. The van der Waals surface area contributed by atoms with Gasteiger partial charge in [-0.2, -0.15) is 0 Å². The molecular formula is C39H50N4O8S2. The number of anilines is 2. The minimum absolute atomic E-state index is 0.0588. The van der Waals surface area contributed by atoms with Crippen LogP contribution < -0.4 is 20.1 Å². The second-order valence-electron chi connectivity index (χ2n) is 14.6. The maximum absolute atomic E-state index is 11.8. The van der Waals surface area contributed by atoms with Crippen molar-refractivity contribution in [1.82, 2.24) is 10.6 Å². The SMILES string of the molecule is CC1(NC[C@H](O)c2ccc(O)c(NS(C)(=O)=O)c2)Cc2ccccc2C1.CCS(=O)(=O)Nc1cc([C@@H](O)CNC2(C)Cc3ccccc3C2)ccc1O. The Kier molecular flexibility index (Phi) is 12.1. The molecule has 0 unspecified atom stereocenters. The van der Waals surface area contributed by atoms with Crippen molar-refractivity contribution in [2.75, 3.05) is 34.5 Å². The van der Waals surface area contributed by atoms with E-state index in [9.17, 15) is 37.3 Å². The lowest BCUT2D eigenvalue weighted by atomic mass is 9.97. The number of aromatic hydroxyl groups is 2. The smallest absolute Gasteiger partial charge is 0.232 e. The van der Waals surface area contributed by atoms with Crippen LogP contribution in [0.5, 0.6) is 11.5 Å². The molecule has 286 valence electrons. The summed E-state index contributed by atoms with van der Waals surface area (Å²) in [5.74, 6) is -0.452. The molecule has 0 saturated carbocycles. The van der Waals surface area contributed by atoms with Crippen LogP contribution in [0.25, 0.3) is 0 Å². The maximum atomic E-state index is 11.8. The summed E-state index contributed by atoms with van der Waals surface area (Å²) >= 11 is 0. The van der Waals surface area contributed by atoms with E-state index in [-0.39, 0.29) is 39.7 Å². The summed E-state index contributed by atoms with van der Waals surface area (Å²) in [6.07, 6.45) is 2.95. The van der Waals surface area contributed by atoms with Crippen molar-refractivity contribution in [3.05, 3.63) is 118 Å². The van der Waals surface area contributed by atoms with Gasteiger partial charge in [-0.15, -0.1) is 0 Å². The van der Waals surface area contributed by atoms with E-state index in [1.807, 2.05) is 24.3 Å². The van der Waals surface area contributed by atoms with Gasteiger partial charge in [0.25, 0.3) is 0 Å². The van der Waals surface area contributed by atoms with E-state index in [0.29, 0.717) is 24.2 Å².